The number of aryl methyl sites for hydroxylation is 2. The third-order valence-corrected chi connectivity index (χ3v) is 9.66. The van der Waals surface area contributed by atoms with E-state index in [4.69, 9.17) is 9.47 Å². The number of hydrogen-bond acceptors (Lipinski definition) is 9. The number of ether oxygens (including phenoxy) is 2. The summed E-state index contributed by atoms with van der Waals surface area (Å²) in [5.74, 6) is 0.174. The van der Waals surface area contributed by atoms with E-state index in [0.717, 1.165) is 53.7 Å². The molecule has 2 fully saturated rings. The molecule has 4 rings (SSSR count). The fraction of sp³-hybridized carbons (Fsp3) is 0.579. The Morgan fingerprint density at radius 1 is 1.02 bits per heavy atom. The summed E-state index contributed by atoms with van der Waals surface area (Å²) in [4.78, 5) is 28.3. The average molecular weight is 682 g/mol. The topological polar surface area (TPSA) is 161 Å². The second kappa shape index (κ2) is 16.1. The number of carbonyl (C=O) groups excluding carboxylic acids is 2. The lowest BCUT2D eigenvalue weighted by atomic mass is 9.86. The molecule has 5 atom stereocenters. The molecule has 6 N–H and O–H groups in total. The van der Waals surface area contributed by atoms with Crippen LogP contribution in [0.3, 0.4) is 0 Å². The second-order valence-electron chi connectivity index (χ2n) is 14.4. The molecule has 2 saturated heterocycles. The van der Waals surface area contributed by atoms with Gasteiger partial charge in [0.1, 0.15) is 41.8 Å². The summed E-state index contributed by atoms with van der Waals surface area (Å²) in [6.07, 6.45) is -0.334. The smallest absolute Gasteiger partial charge is 0.247 e. The first-order valence-electron chi connectivity index (χ1n) is 17.2. The lowest BCUT2D eigenvalue weighted by molar-refractivity contribution is -0.232. The van der Waals surface area contributed by atoms with Crippen molar-refractivity contribution in [3.63, 3.8) is 0 Å². The first-order valence-corrected chi connectivity index (χ1v) is 17.2. The molecule has 2 aliphatic rings. The summed E-state index contributed by atoms with van der Waals surface area (Å²) in [5.41, 5.74) is 3.81. The molecule has 49 heavy (non-hydrogen) atoms. The van der Waals surface area contributed by atoms with Crippen LogP contribution in [0.2, 0.25) is 0 Å². The van der Waals surface area contributed by atoms with Crippen LogP contribution in [0.5, 0.6) is 5.75 Å². The Morgan fingerprint density at radius 3 is 2.33 bits per heavy atom. The van der Waals surface area contributed by atoms with Gasteiger partial charge in [0.2, 0.25) is 11.8 Å². The summed E-state index contributed by atoms with van der Waals surface area (Å²) in [7, 11) is 1.54. The van der Waals surface area contributed by atoms with Gasteiger partial charge in [-0.2, -0.15) is 0 Å². The number of rotatable bonds is 12. The standard InChI is InChI=1S/C38H55N3O8/c1-8-9-26-21-29(48-7)28(34-33(45)32(44)31(43)30(22-42)49-34)20-27(26)19-25-11-10-24(18-23(25)2)12-13-37(3,4)35(46)40-38(5,6)36(47)41-16-14-39-15-17-41/h10-13,18,20-21,30-34,39,42-45H,8-9,14-17,19,22H2,1-7H3,(H,40,46). The van der Waals surface area contributed by atoms with Crippen LogP contribution in [0.25, 0.3) is 6.08 Å². The fourth-order valence-corrected chi connectivity index (χ4v) is 6.48. The molecule has 11 nitrogen and oxygen atoms in total. The molecule has 2 heterocycles. The third-order valence-electron chi connectivity index (χ3n) is 9.66. The first-order chi connectivity index (χ1) is 23.1. The summed E-state index contributed by atoms with van der Waals surface area (Å²) in [5, 5.41) is 47.6. The summed E-state index contributed by atoms with van der Waals surface area (Å²) < 4.78 is 11.6. The Bertz CT molecular complexity index is 1500. The molecule has 0 aromatic heterocycles. The van der Waals surface area contributed by atoms with E-state index in [9.17, 15) is 30.0 Å². The van der Waals surface area contributed by atoms with Crippen LogP contribution >= 0.6 is 0 Å². The maximum absolute atomic E-state index is 13.4. The van der Waals surface area contributed by atoms with Gasteiger partial charge in [0, 0.05) is 31.7 Å². The van der Waals surface area contributed by atoms with Gasteiger partial charge in [-0.1, -0.05) is 43.7 Å². The number of amides is 2. The predicted octanol–water partition coefficient (Wildman–Crippen LogP) is 2.43. The van der Waals surface area contributed by atoms with Crippen molar-refractivity contribution >= 4 is 17.9 Å². The molecule has 0 saturated carbocycles. The first kappa shape index (κ1) is 38.5. The summed E-state index contributed by atoms with van der Waals surface area (Å²) >= 11 is 0. The molecule has 2 aromatic rings. The Hall–Kier alpha value is -3.32. The molecule has 5 unspecified atom stereocenters. The van der Waals surface area contributed by atoms with Gasteiger partial charge in [0.25, 0.3) is 0 Å². The molecule has 0 bridgehead atoms. The van der Waals surface area contributed by atoms with E-state index >= 15 is 0 Å². The maximum Gasteiger partial charge on any atom is 0.247 e. The number of nitrogens with zero attached hydrogens (tertiary/aromatic N) is 1. The molecule has 11 heteroatoms. The van der Waals surface area contributed by atoms with Crippen molar-refractivity contribution in [2.24, 2.45) is 5.41 Å². The van der Waals surface area contributed by atoms with E-state index in [2.05, 4.69) is 29.7 Å². The van der Waals surface area contributed by atoms with Gasteiger partial charge >= 0.3 is 0 Å². The zero-order valence-corrected chi connectivity index (χ0v) is 30.0. The van der Waals surface area contributed by atoms with Crippen molar-refractivity contribution < 1.29 is 39.5 Å². The van der Waals surface area contributed by atoms with Crippen LogP contribution in [0.15, 0.2) is 36.4 Å². The number of aliphatic hydroxyl groups is 4. The molecule has 2 amide bonds. The SMILES string of the molecule is CCCc1cc(OC)c(C2OC(CO)C(O)C(O)C2O)cc1Cc1ccc(C=CC(C)(C)C(=O)NC(C)(C)C(=O)N2CCNCC2)cc1C. The molecule has 270 valence electrons. The maximum atomic E-state index is 13.4. The lowest BCUT2D eigenvalue weighted by Gasteiger charge is -2.40. The average Bonchev–Trinajstić information content (AvgIpc) is 3.08. The Balaban J connectivity index is 1.53. The molecular formula is C38H55N3O8. The van der Waals surface area contributed by atoms with Crippen LogP contribution < -0.4 is 15.4 Å². The van der Waals surface area contributed by atoms with E-state index < -0.39 is 48.1 Å². The number of aliphatic hydroxyl groups excluding tert-OH is 4. The normalized spacial score (nSPS) is 23.5. The predicted molar refractivity (Wildman–Crippen MR) is 188 cm³/mol. The minimum Gasteiger partial charge on any atom is -0.496 e. The highest BCUT2D eigenvalue weighted by Crippen LogP contribution is 2.39. The second-order valence-corrected chi connectivity index (χ2v) is 14.4. The molecule has 0 spiro atoms. The molecule has 2 aliphatic heterocycles. The highest BCUT2D eigenvalue weighted by atomic mass is 16.5. The fourth-order valence-electron chi connectivity index (χ4n) is 6.48. The lowest BCUT2D eigenvalue weighted by Crippen LogP contribution is -2.60. The molecule has 2 aromatic carbocycles. The van der Waals surface area contributed by atoms with E-state index in [-0.39, 0.29) is 11.8 Å². The molecular weight excluding hydrogens is 626 g/mol. The van der Waals surface area contributed by atoms with Crippen molar-refractivity contribution in [2.75, 3.05) is 39.9 Å². The number of piperazine rings is 1. The van der Waals surface area contributed by atoms with E-state index in [1.54, 1.807) is 18.7 Å². The monoisotopic (exact) mass is 681 g/mol. The van der Waals surface area contributed by atoms with Gasteiger partial charge < -0.3 is 45.4 Å². The highest BCUT2D eigenvalue weighted by Gasteiger charge is 2.45. The Kier molecular flexibility index (Phi) is 12.7. The van der Waals surface area contributed by atoms with Crippen LogP contribution in [-0.2, 0) is 27.2 Å². The quantitative estimate of drug-likeness (QED) is 0.198. The minimum atomic E-state index is -1.50. The van der Waals surface area contributed by atoms with Crippen LogP contribution in [0, 0.1) is 12.3 Å². The zero-order chi connectivity index (χ0) is 36.1. The number of methoxy groups -OCH3 is 1. The molecule has 0 aliphatic carbocycles. The van der Waals surface area contributed by atoms with Gasteiger partial charge in [-0.3, -0.25) is 9.59 Å². The zero-order valence-electron chi connectivity index (χ0n) is 30.0. The van der Waals surface area contributed by atoms with Crippen molar-refractivity contribution in [3.8, 4) is 5.75 Å². The van der Waals surface area contributed by atoms with Crippen LogP contribution in [-0.4, -0.2) is 107 Å². The van der Waals surface area contributed by atoms with Gasteiger partial charge in [-0.05, 0) is 87.4 Å². The third kappa shape index (κ3) is 8.89. The van der Waals surface area contributed by atoms with Gasteiger partial charge in [-0.15, -0.1) is 0 Å². The van der Waals surface area contributed by atoms with E-state index in [1.165, 1.54) is 7.11 Å². The van der Waals surface area contributed by atoms with Gasteiger partial charge in [-0.25, -0.2) is 0 Å². The van der Waals surface area contributed by atoms with Crippen molar-refractivity contribution in [2.45, 2.75) is 96.9 Å². The van der Waals surface area contributed by atoms with Gasteiger partial charge in [0.05, 0.1) is 19.1 Å². The largest absolute Gasteiger partial charge is 0.496 e. The van der Waals surface area contributed by atoms with Crippen molar-refractivity contribution in [3.05, 3.63) is 69.8 Å². The Labute approximate surface area is 290 Å². The van der Waals surface area contributed by atoms with E-state index in [1.807, 2.05) is 51.1 Å². The highest BCUT2D eigenvalue weighted by molar-refractivity contribution is 5.93. The number of benzene rings is 2. The van der Waals surface area contributed by atoms with E-state index in [0.29, 0.717) is 30.8 Å². The van der Waals surface area contributed by atoms with Crippen LogP contribution in [0.4, 0.5) is 0 Å². The van der Waals surface area contributed by atoms with Crippen molar-refractivity contribution in [1.82, 2.24) is 15.5 Å². The Morgan fingerprint density at radius 2 is 1.71 bits per heavy atom. The summed E-state index contributed by atoms with van der Waals surface area (Å²) in [6.45, 7) is 13.5. The number of carbonyl (C=O) groups is 2. The van der Waals surface area contributed by atoms with Crippen LogP contribution in [0.1, 0.15) is 80.5 Å². The van der Waals surface area contributed by atoms with Gasteiger partial charge in [0.15, 0.2) is 0 Å². The summed E-state index contributed by atoms with van der Waals surface area (Å²) in [6, 6.07) is 10.0. The molecule has 0 radical (unpaired) electrons. The number of hydrogen-bond donors (Lipinski definition) is 6. The minimum absolute atomic E-state index is 0.0902. The van der Waals surface area contributed by atoms with Crippen molar-refractivity contribution in [1.29, 1.82) is 0 Å². The number of nitrogens with one attached hydrogen (secondary N) is 2.